The number of nitrogens with one attached hydrogen (secondary N) is 3. The van der Waals surface area contributed by atoms with Crippen molar-refractivity contribution in [2.24, 2.45) is 0 Å². The lowest BCUT2D eigenvalue weighted by molar-refractivity contribution is 0.101. The van der Waals surface area contributed by atoms with Crippen LogP contribution in [0.15, 0.2) is 60.9 Å². The van der Waals surface area contributed by atoms with Gasteiger partial charge < -0.3 is 10.3 Å². The molecule has 0 radical (unpaired) electrons. The van der Waals surface area contributed by atoms with Crippen molar-refractivity contribution in [1.29, 1.82) is 0 Å². The molecule has 5 aromatic rings. The van der Waals surface area contributed by atoms with Gasteiger partial charge in [-0.15, -0.1) is 0 Å². The second-order valence-electron chi connectivity index (χ2n) is 8.03. The third-order valence-electron chi connectivity index (χ3n) is 5.59. The molecular formula is C26H23N7O2. The molecule has 0 aliphatic rings. The fourth-order valence-corrected chi connectivity index (χ4v) is 3.90. The molecule has 3 aromatic heterocycles. The van der Waals surface area contributed by atoms with E-state index in [1.54, 1.807) is 59.5 Å². The molecule has 2 aromatic carbocycles. The highest BCUT2D eigenvalue weighted by molar-refractivity contribution is 6.12. The molecule has 9 nitrogen and oxygen atoms in total. The highest BCUT2D eigenvalue weighted by Gasteiger charge is 2.16. The van der Waals surface area contributed by atoms with Crippen LogP contribution in [0.3, 0.4) is 0 Å². The molecule has 174 valence electrons. The van der Waals surface area contributed by atoms with Crippen molar-refractivity contribution in [2.45, 2.75) is 20.4 Å². The first kappa shape index (κ1) is 22.0. The van der Waals surface area contributed by atoms with Crippen molar-refractivity contribution in [3.63, 3.8) is 0 Å². The number of carbonyl (C=O) groups is 2. The molecule has 1 amide bonds. The largest absolute Gasteiger partial charge is 0.345 e. The summed E-state index contributed by atoms with van der Waals surface area (Å²) in [5.74, 6) is 0.306. The number of aryl methyl sites for hydroxylation is 2. The Bertz CT molecular complexity index is 1560. The smallest absolute Gasteiger partial charge is 0.273 e. The molecular weight excluding hydrogens is 442 g/mol. The monoisotopic (exact) mass is 465 g/mol. The van der Waals surface area contributed by atoms with Crippen LogP contribution in [-0.4, -0.2) is 41.6 Å². The fourth-order valence-electron chi connectivity index (χ4n) is 3.90. The summed E-state index contributed by atoms with van der Waals surface area (Å²) in [6, 6.07) is 14.1. The highest BCUT2D eigenvalue weighted by atomic mass is 16.2. The summed E-state index contributed by atoms with van der Waals surface area (Å²) >= 11 is 0. The summed E-state index contributed by atoms with van der Waals surface area (Å²) in [7, 11) is 0. The Morgan fingerprint density at radius 3 is 2.74 bits per heavy atom. The van der Waals surface area contributed by atoms with Crippen LogP contribution in [-0.2, 0) is 6.54 Å². The minimum atomic E-state index is -0.272. The Balaban J connectivity index is 1.36. The summed E-state index contributed by atoms with van der Waals surface area (Å²) in [6.07, 6.45) is 7.13. The maximum absolute atomic E-state index is 13.2. The minimum Gasteiger partial charge on any atom is -0.345 e. The number of hydrogen-bond acceptors (Lipinski definition) is 5. The second-order valence-corrected chi connectivity index (χ2v) is 8.03. The van der Waals surface area contributed by atoms with Gasteiger partial charge >= 0.3 is 0 Å². The molecule has 0 atom stereocenters. The molecule has 3 heterocycles. The molecule has 0 saturated heterocycles. The van der Waals surface area contributed by atoms with Crippen molar-refractivity contribution in [3.05, 3.63) is 95.0 Å². The first-order valence-corrected chi connectivity index (χ1v) is 11.2. The van der Waals surface area contributed by atoms with E-state index in [2.05, 4.69) is 30.6 Å². The van der Waals surface area contributed by atoms with Crippen LogP contribution in [0.1, 0.15) is 50.5 Å². The summed E-state index contributed by atoms with van der Waals surface area (Å²) in [5.41, 5.74) is 4.28. The highest BCUT2D eigenvalue weighted by Crippen LogP contribution is 2.22. The predicted octanol–water partition coefficient (Wildman–Crippen LogP) is 4.46. The first-order valence-electron chi connectivity index (χ1n) is 11.2. The van der Waals surface area contributed by atoms with Crippen LogP contribution >= 0.6 is 0 Å². The number of aromatic amines is 2. The number of benzene rings is 2. The van der Waals surface area contributed by atoms with Gasteiger partial charge in [-0.05, 0) is 56.3 Å². The normalized spacial score (nSPS) is 11.4. The molecule has 3 N–H and O–H groups in total. The number of anilines is 1. The molecule has 0 aliphatic heterocycles. The van der Waals surface area contributed by atoms with E-state index in [0.717, 1.165) is 28.1 Å². The molecule has 0 fully saturated rings. The lowest BCUT2D eigenvalue weighted by Gasteiger charge is -2.08. The van der Waals surface area contributed by atoms with Gasteiger partial charge in [0.1, 0.15) is 11.5 Å². The minimum absolute atomic E-state index is 0.153. The van der Waals surface area contributed by atoms with Crippen LogP contribution in [0.5, 0.6) is 0 Å². The van der Waals surface area contributed by atoms with Gasteiger partial charge in [-0.25, -0.2) is 4.98 Å². The number of rotatable bonds is 7. The molecule has 9 heteroatoms. The van der Waals surface area contributed by atoms with Crippen LogP contribution < -0.4 is 5.32 Å². The number of fused-ring (bicyclic) bond motifs is 1. The number of hydrogen-bond donors (Lipinski definition) is 3. The van der Waals surface area contributed by atoms with Gasteiger partial charge in [0.15, 0.2) is 5.78 Å². The molecule has 0 bridgehead atoms. The average Bonchev–Trinajstić information content (AvgIpc) is 3.61. The summed E-state index contributed by atoms with van der Waals surface area (Å²) in [4.78, 5) is 33.1. The van der Waals surface area contributed by atoms with E-state index in [4.69, 9.17) is 0 Å². The lowest BCUT2D eigenvalue weighted by Crippen LogP contribution is -2.17. The lowest BCUT2D eigenvalue weighted by atomic mass is 10.0. The van der Waals surface area contributed by atoms with E-state index in [1.807, 2.05) is 32.1 Å². The van der Waals surface area contributed by atoms with Crippen molar-refractivity contribution in [2.75, 3.05) is 5.32 Å². The van der Waals surface area contributed by atoms with Gasteiger partial charge in [0.2, 0.25) is 0 Å². The molecule has 0 saturated carbocycles. The van der Waals surface area contributed by atoms with Crippen molar-refractivity contribution in [3.8, 4) is 0 Å². The van der Waals surface area contributed by atoms with Crippen molar-refractivity contribution >= 4 is 40.4 Å². The van der Waals surface area contributed by atoms with Crippen molar-refractivity contribution < 1.29 is 9.59 Å². The topological polar surface area (TPSA) is 121 Å². The number of carbonyl (C=O) groups excluding carboxylic acids is 2. The van der Waals surface area contributed by atoms with Gasteiger partial charge in [0, 0.05) is 41.1 Å². The number of H-pyrrole nitrogens is 2. The summed E-state index contributed by atoms with van der Waals surface area (Å²) in [6.45, 7) is 4.36. The van der Waals surface area contributed by atoms with E-state index in [9.17, 15) is 9.59 Å². The van der Waals surface area contributed by atoms with E-state index in [1.165, 1.54) is 0 Å². The predicted molar refractivity (Wildman–Crippen MR) is 134 cm³/mol. The summed E-state index contributed by atoms with van der Waals surface area (Å²) < 4.78 is 1.65. The Morgan fingerprint density at radius 2 is 1.94 bits per heavy atom. The van der Waals surface area contributed by atoms with E-state index in [0.29, 0.717) is 29.1 Å². The van der Waals surface area contributed by atoms with Gasteiger partial charge in [-0.3, -0.25) is 19.4 Å². The number of imidazole rings is 1. The van der Waals surface area contributed by atoms with Crippen LogP contribution in [0.2, 0.25) is 0 Å². The standard InChI is InChI=1S/C26H23N7O2/c1-3-33-23(13-16(2)32-33)26(35)29-19-6-4-5-17(14-19)25(34)18-7-8-20-21(30-31-22(20)15-18)9-10-24-27-11-12-28-24/h4-15H,3H2,1-2H3,(H,27,28)(H,29,35)(H,30,31)/b10-9+. The maximum Gasteiger partial charge on any atom is 0.273 e. The van der Waals surface area contributed by atoms with E-state index in [-0.39, 0.29) is 11.7 Å². The zero-order valence-corrected chi connectivity index (χ0v) is 19.2. The maximum atomic E-state index is 13.2. The molecule has 0 unspecified atom stereocenters. The van der Waals surface area contributed by atoms with Crippen LogP contribution in [0, 0.1) is 6.92 Å². The quantitative estimate of drug-likeness (QED) is 0.306. The number of amides is 1. The Morgan fingerprint density at radius 1 is 1.09 bits per heavy atom. The molecule has 5 rings (SSSR count). The SMILES string of the molecule is CCn1nc(C)cc1C(=O)Nc1cccc(C(=O)c2ccc3c(/C=C/c4ncc[nH]4)n[nH]c3c2)c1. The van der Waals surface area contributed by atoms with E-state index >= 15 is 0 Å². The van der Waals surface area contributed by atoms with Crippen LogP contribution in [0.25, 0.3) is 23.1 Å². The molecule has 0 spiro atoms. The number of aromatic nitrogens is 6. The molecule has 35 heavy (non-hydrogen) atoms. The van der Waals surface area contributed by atoms with Gasteiger partial charge in [-0.2, -0.15) is 10.2 Å². The summed E-state index contributed by atoms with van der Waals surface area (Å²) in [5, 5.41) is 15.4. The van der Waals surface area contributed by atoms with E-state index < -0.39 is 0 Å². The Hall–Kier alpha value is -4.79. The zero-order valence-electron chi connectivity index (χ0n) is 19.2. The first-order chi connectivity index (χ1) is 17.0. The number of nitrogens with zero attached hydrogens (tertiary/aromatic N) is 4. The Labute approximate surface area is 200 Å². The Kier molecular flexibility index (Phi) is 5.80. The fraction of sp³-hybridized carbons (Fsp3) is 0.115. The zero-order chi connectivity index (χ0) is 24.4. The third kappa shape index (κ3) is 4.51. The van der Waals surface area contributed by atoms with Gasteiger partial charge in [0.25, 0.3) is 5.91 Å². The molecule has 0 aliphatic carbocycles. The van der Waals surface area contributed by atoms with Crippen molar-refractivity contribution in [1.82, 2.24) is 29.9 Å². The average molecular weight is 466 g/mol. The van der Waals surface area contributed by atoms with Gasteiger partial charge in [-0.1, -0.05) is 18.2 Å². The third-order valence-corrected chi connectivity index (χ3v) is 5.59. The van der Waals surface area contributed by atoms with Gasteiger partial charge in [0.05, 0.1) is 16.9 Å². The number of ketones is 1. The van der Waals surface area contributed by atoms with Crippen LogP contribution in [0.4, 0.5) is 5.69 Å². The second kappa shape index (κ2) is 9.22.